The van der Waals surface area contributed by atoms with Crippen molar-refractivity contribution in [2.75, 3.05) is 49.4 Å². The lowest BCUT2D eigenvalue weighted by atomic mass is 10.0. The second kappa shape index (κ2) is 8.65. The Morgan fingerprint density at radius 1 is 1.16 bits per heavy atom. The van der Waals surface area contributed by atoms with Crippen LogP contribution in [0.1, 0.15) is 24.1 Å². The van der Waals surface area contributed by atoms with Gasteiger partial charge in [-0.15, -0.1) is 0 Å². The van der Waals surface area contributed by atoms with E-state index in [1.165, 1.54) is 13.2 Å². The summed E-state index contributed by atoms with van der Waals surface area (Å²) in [5, 5.41) is 3.86. The predicted molar refractivity (Wildman–Crippen MR) is 115 cm³/mol. The minimum atomic E-state index is -4.49. The van der Waals surface area contributed by atoms with Crippen molar-refractivity contribution in [1.82, 2.24) is 15.0 Å². The number of fused-ring (bicyclic) bond motifs is 1. The molecule has 1 aromatic carbocycles. The Hall–Kier alpha value is -3.34. The third kappa shape index (κ3) is 4.62. The number of nitrogens with one attached hydrogen (secondary N) is 1. The van der Waals surface area contributed by atoms with Gasteiger partial charge in [-0.05, 0) is 36.8 Å². The summed E-state index contributed by atoms with van der Waals surface area (Å²) in [6, 6.07) is 4.96. The quantitative estimate of drug-likeness (QED) is 0.571. The van der Waals surface area contributed by atoms with Crippen molar-refractivity contribution in [3.63, 3.8) is 0 Å². The van der Waals surface area contributed by atoms with Gasteiger partial charge in [0.1, 0.15) is 11.6 Å². The SMILES string of the molecule is COc1nc(N[C@H](C)c2cc(N)cc(C(F)(F)F)c2)c2cc(N3CCOCC3)ncc2n1. The molecule has 0 spiro atoms. The van der Waals surface area contributed by atoms with Crippen LogP contribution in [0.15, 0.2) is 30.5 Å². The highest BCUT2D eigenvalue weighted by molar-refractivity contribution is 5.91. The van der Waals surface area contributed by atoms with Gasteiger partial charge in [-0.2, -0.15) is 23.1 Å². The molecule has 32 heavy (non-hydrogen) atoms. The Morgan fingerprint density at radius 2 is 1.91 bits per heavy atom. The largest absolute Gasteiger partial charge is 0.467 e. The number of nitrogens with two attached hydrogens (primary N) is 1. The second-order valence-corrected chi connectivity index (χ2v) is 7.47. The van der Waals surface area contributed by atoms with E-state index in [0.717, 1.165) is 18.0 Å². The maximum absolute atomic E-state index is 13.2. The fraction of sp³-hybridized carbons (Fsp3) is 0.381. The van der Waals surface area contributed by atoms with Gasteiger partial charge in [0.15, 0.2) is 0 Å². The van der Waals surface area contributed by atoms with E-state index in [1.54, 1.807) is 13.1 Å². The van der Waals surface area contributed by atoms with E-state index in [0.29, 0.717) is 48.6 Å². The fourth-order valence-electron chi connectivity index (χ4n) is 3.55. The summed E-state index contributed by atoms with van der Waals surface area (Å²) in [5.74, 6) is 1.17. The number of morpholine rings is 1. The molecule has 1 saturated heterocycles. The number of ether oxygens (including phenoxy) is 2. The van der Waals surface area contributed by atoms with Gasteiger partial charge >= 0.3 is 12.2 Å². The summed E-state index contributed by atoms with van der Waals surface area (Å²) < 4.78 is 50.3. The number of rotatable bonds is 5. The summed E-state index contributed by atoms with van der Waals surface area (Å²) in [7, 11) is 1.44. The molecule has 170 valence electrons. The van der Waals surface area contributed by atoms with Crippen LogP contribution in [0.4, 0.5) is 30.5 Å². The molecule has 1 atom stereocenters. The van der Waals surface area contributed by atoms with E-state index < -0.39 is 17.8 Å². The van der Waals surface area contributed by atoms with Gasteiger partial charge in [0.25, 0.3) is 0 Å². The number of alkyl halides is 3. The molecular formula is C21H23F3N6O2. The molecule has 8 nitrogen and oxygen atoms in total. The summed E-state index contributed by atoms with van der Waals surface area (Å²) in [5.41, 5.74) is 5.89. The molecule has 0 amide bonds. The molecule has 0 bridgehead atoms. The standard InChI is InChI=1S/C21H23F3N6O2/c1-12(13-7-14(21(22,23)24)9-15(25)8-13)27-19-16-10-18(30-3-5-32-6-4-30)26-11-17(16)28-20(29-19)31-2/h7-12H,3-6,25H2,1-2H3,(H,27,28,29)/t12-/m1/s1. The lowest BCUT2D eigenvalue weighted by Crippen LogP contribution is -2.36. The van der Waals surface area contributed by atoms with Crippen molar-refractivity contribution < 1.29 is 22.6 Å². The lowest BCUT2D eigenvalue weighted by molar-refractivity contribution is -0.137. The smallest absolute Gasteiger partial charge is 0.416 e. The van der Waals surface area contributed by atoms with E-state index in [9.17, 15) is 13.2 Å². The van der Waals surface area contributed by atoms with Gasteiger partial charge in [-0.1, -0.05) is 0 Å². The number of hydrogen-bond acceptors (Lipinski definition) is 8. The van der Waals surface area contributed by atoms with E-state index in [4.69, 9.17) is 15.2 Å². The molecule has 4 rings (SSSR count). The third-order valence-electron chi connectivity index (χ3n) is 5.22. The van der Waals surface area contributed by atoms with Crippen LogP contribution in [0.2, 0.25) is 0 Å². The maximum Gasteiger partial charge on any atom is 0.416 e. The minimum Gasteiger partial charge on any atom is -0.467 e. The predicted octanol–water partition coefficient (Wildman–Crippen LogP) is 3.64. The maximum atomic E-state index is 13.2. The number of aromatic nitrogens is 3. The van der Waals surface area contributed by atoms with Crippen LogP contribution in [0, 0.1) is 0 Å². The number of hydrogen-bond donors (Lipinski definition) is 2. The molecular weight excluding hydrogens is 425 g/mol. The van der Waals surface area contributed by atoms with Crippen molar-refractivity contribution in [3.05, 3.63) is 41.6 Å². The molecule has 0 radical (unpaired) electrons. The molecule has 1 fully saturated rings. The zero-order chi connectivity index (χ0) is 22.9. The number of nitrogens with zero attached hydrogens (tertiary/aromatic N) is 4. The molecule has 0 aliphatic carbocycles. The molecule has 3 N–H and O–H groups in total. The normalized spacial score (nSPS) is 15.6. The van der Waals surface area contributed by atoms with Crippen molar-refractivity contribution in [1.29, 1.82) is 0 Å². The molecule has 3 heterocycles. The number of halogens is 3. The Morgan fingerprint density at radius 3 is 2.59 bits per heavy atom. The highest BCUT2D eigenvalue weighted by Gasteiger charge is 2.31. The van der Waals surface area contributed by atoms with Crippen LogP contribution in [0.25, 0.3) is 10.9 Å². The van der Waals surface area contributed by atoms with E-state index in [1.807, 2.05) is 6.07 Å². The summed E-state index contributed by atoms with van der Waals surface area (Å²) in [6.45, 7) is 4.37. The van der Waals surface area contributed by atoms with Gasteiger partial charge in [0, 0.05) is 24.2 Å². The first-order valence-corrected chi connectivity index (χ1v) is 10.0. The van der Waals surface area contributed by atoms with Gasteiger partial charge < -0.3 is 25.4 Å². The summed E-state index contributed by atoms with van der Waals surface area (Å²) >= 11 is 0. The molecule has 1 aliphatic heterocycles. The number of nitrogen functional groups attached to an aromatic ring is 1. The van der Waals surface area contributed by atoms with Crippen molar-refractivity contribution in [3.8, 4) is 6.01 Å². The van der Waals surface area contributed by atoms with Gasteiger partial charge in [0.05, 0.1) is 43.6 Å². The van der Waals surface area contributed by atoms with Crippen molar-refractivity contribution >= 4 is 28.2 Å². The topological polar surface area (TPSA) is 98.4 Å². The van der Waals surface area contributed by atoms with Crippen molar-refractivity contribution in [2.45, 2.75) is 19.1 Å². The molecule has 2 aromatic heterocycles. The summed E-state index contributed by atoms with van der Waals surface area (Å²) in [6.07, 6.45) is -2.87. The van der Waals surface area contributed by atoms with E-state index in [2.05, 4.69) is 25.2 Å². The van der Waals surface area contributed by atoms with Crippen molar-refractivity contribution in [2.24, 2.45) is 0 Å². The van der Waals surface area contributed by atoms with E-state index >= 15 is 0 Å². The van der Waals surface area contributed by atoms with Crippen LogP contribution >= 0.6 is 0 Å². The first-order chi connectivity index (χ1) is 15.2. The van der Waals surface area contributed by atoms with Gasteiger partial charge in [0.2, 0.25) is 0 Å². The Balaban J connectivity index is 1.71. The second-order valence-electron chi connectivity index (χ2n) is 7.47. The van der Waals surface area contributed by atoms with Crippen LogP contribution in [0.3, 0.4) is 0 Å². The lowest BCUT2D eigenvalue weighted by Gasteiger charge is -2.28. The fourth-order valence-corrected chi connectivity index (χ4v) is 3.55. The average Bonchev–Trinajstić information content (AvgIpc) is 2.78. The molecule has 0 saturated carbocycles. The van der Waals surface area contributed by atoms with Crippen LogP contribution < -0.4 is 20.7 Å². The zero-order valence-electron chi connectivity index (χ0n) is 17.6. The molecule has 3 aromatic rings. The first-order valence-electron chi connectivity index (χ1n) is 10.0. The van der Waals surface area contributed by atoms with Gasteiger partial charge in [-0.25, -0.2) is 4.98 Å². The number of benzene rings is 1. The Bertz CT molecular complexity index is 1120. The zero-order valence-corrected chi connectivity index (χ0v) is 17.6. The Kier molecular flexibility index (Phi) is 5.92. The van der Waals surface area contributed by atoms with Crippen LogP contribution in [-0.4, -0.2) is 48.4 Å². The minimum absolute atomic E-state index is 0.0346. The Labute approximate surface area is 182 Å². The van der Waals surface area contributed by atoms with E-state index in [-0.39, 0.29) is 11.7 Å². The van der Waals surface area contributed by atoms with Crippen LogP contribution in [0.5, 0.6) is 6.01 Å². The van der Waals surface area contributed by atoms with Gasteiger partial charge in [-0.3, -0.25) is 0 Å². The number of methoxy groups -OCH3 is 1. The van der Waals surface area contributed by atoms with Crippen LogP contribution in [-0.2, 0) is 10.9 Å². The molecule has 0 unspecified atom stereocenters. The summed E-state index contributed by atoms with van der Waals surface area (Å²) in [4.78, 5) is 15.3. The highest BCUT2D eigenvalue weighted by atomic mass is 19.4. The first kappa shape index (κ1) is 21.9. The molecule has 11 heteroatoms. The number of anilines is 3. The molecule has 1 aliphatic rings. The number of pyridine rings is 1. The average molecular weight is 448 g/mol. The highest BCUT2D eigenvalue weighted by Crippen LogP contribution is 2.34. The third-order valence-corrected chi connectivity index (χ3v) is 5.22. The monoisotopic (exact) mass is 448 g/mol.